The number of sulfonamides is 2. The van der Waals surface area contributed by atoms with Crippen molar-refractivity contribution in [2.45, 2.75) is 63.3 Å². The zero-order chi connectivity index (χ0) is 21.0. The average Bonchev–Trinajstić information content (AvgIpc) is 2.48. The molecule has 1 aliphatic heterocycles. The highest BCUT2D eigenvalue weighted by Gasteiger charge is 2.37. The molecule has 0 aromatic rings. The minimum absolute atomic E-state index is 0.135. The molecule has 0 aliphatic carbocycles. The van der Waals surface area contributed by atoms with Gasteiger partial charge in [-0.15, -0.1) is 0 Å². The Morgan fingerprint density at radius 2 is 1.85 bits per heavy atom. The van der Waals surface area contributed by atoms with E-state index < -0.39 is 48.7 Å². The van der Waals surface area contributed by atoms with Crippen LogP contribution >= 0.6 is 0 Å². The van der Waals surface area contributed by atoms with Gasteiger partial charge in [-0.1, -0.05) is 13.3 Å². The van der Waals surface area contributed by atoms with E-state index in [2.05, 4.69) is 10.0 Å². The van der Waals surface area contributed by atoms with Crippen molar-refractivity contribution in [3.05, 3.63) is 0 Å². The highest BCUT2D eigenvalue weighted by atomic mass is 32.2. The van der Waals surface area contributed by atoms with Crippen LogP contribution in [0, 0.1) is 0 Å². The Morgan fingerprint density at radius 3 is 2.33 bits per heavy atom. The molecule has 1 aliphatic rings. The fraction of sp³-hybridized carbons (Fsp3) is 0.867. The zero-order valence-electron chi connectivity index (χ0n) is 16.2. The lowest BCUT2D eigenvalue weighted by Gasteiger charge is -2.36. The molecule has 27 heavy (non-hydrogen) atoms. The Labute approximate surface area is 161 Å². The lowest BCUT2D eigenvalue weighted by Crippen LogP contribution is -2.59. The van der Waals surface area contributed by atoms with Gasteiger partial charge in [0.2, 0.25) is 31.9 Å². The van der Waals surface area contributed by atoms with E-state index in [-0.39, 0.29) is 13.0 Å². The topological polar surface area (TPSA) is 156 Å². The Bertz CT molecular complexity index is 763. The van der Waals surface area contributed by atoms with Gasteiger partial charge < -0.3 is 10.2 Å². The van der Waals surface area contributed by atoms with E-state index in [1.807, 2.05) is 0 Å². The molecule has 1 saturated heterocycles. The first-order valence-electron chi connectivity index (χ1n) is 8.77. The van der Waals surface area contributed by atoms with E-state index in [1.165, 1.54) is 18.7 Å². The number of nitrogens with two attached hydrogens (primary N) is 1. The number of carbonyl (C=O) groups excluding carboxylic acids is 2. The van der Waals surface area contributed by atoms with Crippen LogP contribution in [0.25, 0.3) is 0 Å². The van der Waals surface area contributed by atoms with Crippen LogP contribution in [0.4, 0.5) is 0 Å². The van der Waals surface area contributed by atoms with Crippen molar-refractivity contribution < 1.29 is 26.4 Å². The largest absolute Gasteiger partial charge is 0.350 e. The van der Waals surface area contributed by atoms with E-state index in [4.69, 9.17) is 5.14 Å². The summed E-state index contributed by atoms with van der Waals surface area (Å²) < 4.78 is 48.5. The Morgan fingerprint density at radius 1 is 1.26 bits per heavy atom. The summed E-state index contributed by atoms with van der Waals surface area (Å²) in [5.41, 5.74) is -1.36. The molecule has 1 fully saturated rings. The van der Waals surface area contributed by atoms with Crippen LogP contribution in [0.2, 0.25) is 0 Å². The molecule has 158 valence electrons. The molecule has 2 amide bonds. The fourth-order valence-corrected chi connectivity index (χ4v) is 5.08. The van der Waals surface area contributed by atoms with Crippen LogP contribution < -0.4 is 15.2 Å². The Balaban J connectivity index is 2.82. The molecule has 2 atom stereocenters. The predicted octanol–water partition coefficient (Wildman–Crippen LogP) is -1.12. The highest BCUT2D eigenvalue weighted by molar-refractivity contribution is 7.90. The molecule has 0 bridgehead atoms. The van der Waals surface area contributed by atoms with Crippen molar-refractivity contribution in [3.8, 4) is 0 Å². The van der Waals surface area contributed by atoms with Crippen LogP contribution in [0.3, 0.4) is 0 Å². The zero-order valence-corrected chi connectivity index (χ0v) is 17.8. The van der Waals surface area contributed by atoms with E-state index in [0.29, 0.717) is 25.8 Å². The Kier molecular flexibility index (Phi) is 7.79. The van der Waals surface area contributed by atoms with Gasteiger partial charge in [-0.25, -0.2) is 26.7 Å². The quantitative estimate of drug-likeness (QED) is 0.446. The van der Waals surface area contributed by atoms with Gasteiger partial charge in [0.25, 0.3) is 0 Å². The van der Waals surface area contributed by atoms with Gasteiger partial charge in [0.15, 0.2) is 5.25 Å². The molecule has 1 unspecified atom stereocenters. The molecule has 0 aromatic heterocycles. The van der Waals surface area contributed by atoms with E-state index in [1.54, 1.807) is 6.92 Å². The number of amides is 2. The summed E-state index contributed by atoms with van der Waals surface area (Å²) >= 11 is 0. The number of hydrogen-bond acceptors (Lipinski definition) is 6. The van der Waals surface area contributed by atoms with Crippen molar-refractivity contribution in [1.82, 2.24) is 14.9 Å². The fourth-order valence-electron chi connectivity index (χ4n) is 3.06. The molecule has 0 saturated carbocycles. The standard InChI is InChI=1S/C15H30N4O6S2/c1-5-7-12(27(16,24)25)13(20)19-9-6-8-11(10-19)17-14(21)15(2,3)18-26(4,22)23/h11-12,18H,5-10H2,1-4H3,(H,17,21)(H2,16,24,25)/t11-,12?/m1/s1. The van der Waals surface area contributed by atoms with Gasteiger partial charge in [0, 0.05) is 19.1 Å². The van der Waals surface area contributed by atoms with Gasteiger partial charge in [0.05, 0.1) is 6.26 Å². The minimum atomic E-state index is -4.01. The van der Waals surface area contributed by atoms with Crippen LogP contribution in [0.15, 0.2) is 0 Å². The second-order valence-corrected chi connectivity index (χ2v) is 11.0. The summed E-state index contributed by atoms with van der Waals surface area (Å²) in [5, 5.41) is 6.64. The maximum Gasteiger partial charge on any atom is 0.242 e. The van der Waals surface area contributed by atoms with E-state index in [0.717, 1.165) is 6.26 Å². The minimum Gasteiger partial charge on any atom is -0.350 e. The molecule has 0 spiro atoms. The molecule has 12 heteroatoms. The van der Waals surface area contributed by atoms with Crippen molar-refractivity contribution in [2.24, 2.45) is 5.14 Å². The van der Waals surface area contributed by atoms with Gasteiger partial charge >= 0.3 is 0 Å². The molecular weight excluding hydrogens is 396 g/mol. The van der Waals surface area contributed by atoms with Crippen LogP contribution in [0.1, 0.15) is 46.5 Å². The van der Waals surface area contributed by atoms with Crippen molar-refractivity contribution in [3.63, 3.8) is 0 Å². The average molecular weight is 427 g/mol. The number of carbonyl (C=O) groups is 2. The molecule has 0 aromatic carbocycles. The Hall–Kier alpha value is -1.24. The molecule has 10 nitrogen and oxygen atoms in total. The summed E-state index contributed by atoms with van der Waals surface area (Å²) in [4.78, 5) is 26.4. The first kappa shape index (κ1) is 23.8. The summed E-state index contributed by atoms with van der Waals surface area (Å²) in [6.45, 7) is 5.17. The number of piperidine rings is 1. The van der Waals surface area contributed by atoms with E-state index in [9.17, 15) is 26.4 Å². The maximum absolute atomic E-state index is 12.6. The lowest BCUT2D eigenvalue weighted by molar-refractivity contribution is -0.134. The number of likely N-dealkylation sites (tertiary alicyclic amines) is 1. The lowest BCUT2D eigenvalue weighted by atomic mass is 10.0. The van der Waals surface area contributed by atoms with Crippen LogP contribution in [-0.4, -0.2) is 69.7 Å². The van der Waals surface area contributed by atoms with Gasteiger partial charge in [-0.05, 0) is 33.1 Å². The smallest absolute Gasteiger partial charge is 0.242 e. The van der Waals surface area contributed by atoms with Crippen molar-refractivity contribution >= 4 is 31.9 Å². The third kappa shape index (κ3) is 7.35. The molecule has 4 N–H and O–H groups in total. The first-order chi connectivity index (χ1) is 12.2. The highest BCUT2D eigenvalue weighted by Crippen LogP contribution is 2.17. The summed E-state index contributed by atoms with van der Waals surface area (Å²) in [7, 11) is -7.60. The molecule has 0 radical (unpaired) electrons. The first-order valence-corrected chi connectivity index (χ1v) is 12.3. The second kappa shape index (κ2) is 8.84. The number of rotatable bonds is 8. The van der Waals surface area contributed by atoms with E-state index >= 15 is 0 Å². The number of nitrogens with zero attached hydrogens (tertiary/aromatic N) is 1. The molecular formula is C15H30N4O6S2. The van der Waals surface area contributed by atoms with Gasteiger partial charge in [-0.3, -0.25) is 9.59 Å². The van der Waals surface area contributed by atoms with Crippen LogP contribution in [0.5, 0.6) is 0 Å². The third-order valence-electron chi connectivity index (χ3n) is 4.30. The second-order valence-electron chi connectivity index (χ2n) is 7.46. The van der Waals surface area contributed by atoms with Crippen molar-refractivity contribution in [2.75, 3.05) is 19.3 Å². The van der Waals surface area contributed by atoms with Gasteiger partial charge in [-0.2, -0.15) is 0 Å². The summed E-state index contributed by atoms with van der Waals surface area (Å²) in [6, 6.07) is -0.404. The predicted molar refractivity (Wildman–Crippen MR) is 102 cm³/mol. The maximum atomic E-state index is 12.6. The number of hydrogen-bond donors (Lipinski definition) is 3. The summed E-state index contributed by atoms with van der Waals surface area (Å²) in [5.74, 6) is -1.09. The number of nitrogens with one attached hydrogen (secondary N) is 2. The third-order valence-corrected chi connectivity index (χ3v) is 6.41. The van der Waals surface area contributed by atoms with Crippen LogP contribution in [-0.2, 0) is 29.6 Å². The molecule has 1 heterocycles. The van der Waals surface area contributed by atoms with Crippen molar-refractivity contribution in [1.29, 1.82) is 0 Å². The normalized spacial score (nSPS) is 20.2. The monoisotopic (exact) mass is 426 g/mol. The molecule has 1 rings (SSSR count). The SMILES string of the molecule is CCCC(C(=O)N1CCC[C@@H](NC(=O)C(C)(C)NS(C)(=O)=O)C1)S(N)(=O)=O. The summed E-state index contributed by atoms with van der Waals surface area (Å²) in [6.07, 6.45) is 2.77. The van der Waals surface area contributed by atoms with Gasteiger partial charge in [0.1, 0.15) is 5.54 Å². The number of primary sulfonamides is 1.